The first-order chi connectivity index (χ1) is 13.5. The number of esters is 1. The molecule has 0 radical (unpaired) electrons. The van der Waals surface area contributed by atoms with Gasteiger partial charge >= 0.3 is 5.97 Å². The van der Waals surface area contributed by atoms with Gasteiger partial charge in [-0.1, -0.05) is 36.4 Å². The molecule has 0 bridgehead atoms. The van der Waals surface area contributed by atoms with E-state index in [-0.39, 0.29) is 5.75 Å². The molecule has 0 aliphatic heterocycles. The molecule has 0 fully saturated rings. The van der Waals surface area contributed by atoms with E-state index >= 15 is 0 Å². The lowest BCUT2D eigenvalue weighted by Gasteiger charge is -2.13. The van der Waals surface area contributed by atoms with Gasteiger partial charge in [0, 0.05) is 10.6 Å². The third kappa shape index (κ3) is 5.12. The summed E-state index contributed by atoms with van der Waals surface area (Å²) in [4.78, 5) is 25.2. The van der Waals surface area contributed by atoms with E-state index in [2.05, 4.69) is 5.32 Å². The highest BCUT2D eigenvalue weighted by Gasteiger charge is 2.18. The van der Waals surface area contributed by atoms with E-state index < -0.39 is 18.0 Å². The Labute approximate surface area is 167 Å². The molecule has 140 valence electrons. The van der Waals surface area contributed by atoms with E-state index in [1.54, 1.807) is 24.3 Å². The summed E-state index contributed by atoms with van der Waals surface area (Å²) in [6, 6.07) is 22.5. The van der Waals surface area contributed by atoms with Gasteiger partial charge in [-0.2, -0.15) is 5.26 Å². The van der Waals surface area contributed by atoms with Crippen molar-refractivity contribution in [3.63, 3.8) is 0 Å². The number of amides is 1. The second kappa shape index (κ2) is 9.07. The van der Waals surface area contributed by atoms with E-state index in [0.717, 1.165) is 15.7 Å². The standard InChI is InChI=1S/C22H18N2O3S/c1-15(22(26)24-19-8-4-5-16(11-19)13-23)27-21(25)14-28-20-10-9-17-6-2-3-7-18(17)12-20/h2-12,15H,14H2,1H3,(H,24,26)/t15-/m0/s1. The van der Waals surface area contributed by atoms with Crippen LogP contribution in [0.25, 0.3) is 10.8 Å². The number of benzene rings is 3. The van der Waals surface area contributed by atoms with Gasteiger partial charge in [-0.25, -0.2) is 0 Å². The average molecular weight is 390 g/mol. The molecule has 0 aliphatic rings. The number of carbonyl (C=O) groups is 2. The second-order valence-electron chi connectivity index (χ2n) is 6.11. The minimum atomic E-state index is -0.935. The first-order valence-electron chi connectivity index (χ1n) is 8.67. The Kier molecular flexibility index (Phi) is 6.30. The topological polar surface area (TPSA) is 79.2 Å². The van der Waals surface area contributed by atoms with Gasteiger partial charge in [0.25, 0.3) is 5.91 Å². The normalized spacial score (nSPS) is 11.4. The fourth-order valence-electron chi connectivity index (χ4n) is 2.59. The van der Waals surface area contributed by atoms with Crippen molar-refractivity contribution < 1.29 is 14.3 Å². The fraction of sp³-hybridized carbons (Fsp3) is 0.136. The third-order valence-electron chi connectivity index (χ3n) is 4.01. The van der Waals surface area contributed by atoms with Crippen LogP contribution in [0.3, 0.4) is 0 Å². The van der Waals surface area contributed by atoms with Crippen molar-refractivity contribution in [2.45, 2.75) is 17.9 Å². The largest absolute Gasteiger partial charge is 0.452 e. The predicted octanol–water partition coefficient (Wildman–Crippen LogP) is 4.37. The minimum absolute atomic E-state index is 0.111. The molecular weight excluding hydrogens is 372 g/mol. The van der Waals surface area contributed by atoms with Crippen molar-refractivity contribution in [3.05, 3.63) is 72.3 Å². The van der Waals surface area contributed by atoms with Crippen LogP contribution in [0.1, 0.15) is 12.5 Å². The van der Waals surface area contributed by atoms with Crippen molar-refractivity contribution in [1.82, 2.24) is 0 Å². The lowest BCUT2D eigenvalue weighted by Crippen LogP contribution is -2.30. The van der Waals surface area contributed by atoms with Crippen LogP contribution in [-0.2, 0) is 14.3 Å². The van der Waals surface area contributed by atoms with Crippen LogP contribution in [0.2, 0.25) is 0 Å². The average Bonchev–Trinajstić information content (AvgIpc) is 2.72. The predicted molar refractivity (Wildman–Crippen MR) is 110 cm³/mol. The minimum Gasteiger partial charge on any atom is -0.452 e. The fourth-order valence-corrected chi connectivity index (χ4v) is 3.32. The van der Waals surface area contributed by atoms with Gasteiger partial charge < -0.3 is 10.1 Å². The summed E-state index contributed by atoms with van der Waals surface area (Å²) in [5.74, 6) is -0.800. The van der Waals surface area contributed by atoms with E-state index in [0.29, 0.717) is 11.3 Å². The molecule has 0 heterocycles. The summed E-state index contributed by atoms with van der Waals surface area (Å²) in [6.07, 6.45) is -0.935. The molecule has 0 aliphatic carbocycles. The lowest BCUT2D eigenvalue weighted by molar-refractivity contribution is -0.150. The summed E-state index contributed by atoms with van der Waals surface area (Å²) in [7, 11) is 0. The van der Waals surface area contributed by atoms with Crippen LogP contribution in [0.4, 0.5) is 5.69 Å². The molecule has 5 nitrogen and oxygen atoms in total. The molecule has 3 rings (SSSR count). The summed E-state index contributed by atoms with van der Waals surface area (Å²) in [6.45, 7) is 1.52. The maximum atomic E-state index is 12.2. The van der Waals surface area contributed by atoms with Gasteiger partial charge in [0.2, 0.25) is 0 Å². The Bertz CT molecular complexity index is 1060. The molecule has 0 aromatic heterocycles. The van der Waals surface area contributed by atoms with Crippen LogP contribution >= 0.6 is 11.8 Å². The van der Waals surface area contributed by atoms with Gasteiger partial charge in [-0.3, -0.25) is 9.59 Å². The molecule has 1 N–H and O–H groups in total. The molecule has 1 amide bonds. The molecular formula is C22H18N2O3S. The van der Waals surface area contributed by atoms with Crippen molar-refractivity contribution in [2.24, 2.45) is 0 Å². The first-order valence-corrected chi connectivity index (χ1v) is 9.66. The molecule has 28 heavy (non-hydrogen) atoms. The number of rotatable bonds is 6. The third-order valence-corrected chi connectivity index (χ3v) is 4.98. The molecule has 0 spiro atoms. The summed E-state index contributed by atoms with van der Waals surface area (Å²) >= 11 is 1.36. The number of hydrogen-bond acceptors (Lipinski definition) is 5. The van der Waals surface area contributed by atoms with E-state index in [4.69, 9.17) is 10.00 Å². The van der Waals surface area contributed by atoms with Crippen molar-refractivity contribution in [1.29, 1.82) is 5.26 Å². The van der Waals surface area contributed by atoms with Crippen molar-refractivity contribution in [3.8, 4) is 6.07 Å². The van der Waals surface area contributed by atoms with E-state index in [1.807, 2.05) is 48.5 Å². The Morgan fingerprint density at radius 1 is 1.07 bits per heavy atom. The van der Waals surface area contributed by atoms with Crippen LogP contribution in [0.5, 0.6) is 0 Å². The number of anilines is 1. The number of carbonyl (C=O) groups excluding carboxylic acids is 2. The van der Waals surface area contributed by atoms with Gasteiger partial charge in [0.1, 0.15) is 0 Å². The number of hydrogen-bond donors (Lipinski definition) is 1. The molecule has 0 saturated heterocycles. The molecule has 0 unspecified atom stereocenters. The Balaban J connectivity index is 1.51. The van der Waals surface area contributed by atoms with E-state index in [9.17, 15) is 9.59 Å². The summed E-state index contributed by atoms with van der Waals surface area (Å²) < 4.78 is 5.21. The van der Waals surface area contributed by atoms with Crippen LogP contribution in [0, 0.1) is 11.3 Å². The number of fused-ring (bicyclic) bond motifs is 1. The second-order valence-corrected chi connectivity index (χ2v) is 7.16. The summed E-state index contributed by atoms with van der Waals surface area (Å²) in [5.41, 5.74) is 0.923. The van der Waals surface area contributed by atoms with Crippen molar-refractivity contribution >= 4 is 40.1 Å². The molecule has 3 aromatic rings. The maximum absolute atomic E-state index is 12.2. The smallest absolute Gasteiger partial charge is 0.317 e. The Morgan fingerprint density at radius 3 is 2.64 bits per heavy atom. The van der Waals surface area contributed by atoms with E-state index in [1.165, 1.54) is 18.7 Å². The van der Waals surface area contributed by atoms with Crippen molar-refractivity contribution in [2.75, 3.05) is 11.1 Å². The number of nitriles is 1. The molecule has 3 aromatic carbocycles. The molecule has 6 heteroatoms. The zero-order valence-electron chi connectivity index (χ0n) is 15.2. The van der Waals surface area contributed by atoms with Crippen LogP contribution in [-0.4, -0.2) is 23.7 Å². The Hall–Kier alpha value is -3.30. The molecule has 0 saturated carbocycles. The zero-order chi connectivity index (χ0) is 19.9. The number of thioether (sulfide) groups is 1. The SMILES string of the molecule is C[C@H](OC(=O)CSc1ccc2ccccc2c1)C(=O)Nc1cccc(C#N)c1. The lowest BCUT2D eigenvalue weighted by atomic mass is 10.1. The Morgan fingerprint density at radius 2 is 1.86 bits per heavy atom. The highest BCUT2D eigenvalue weighted by Crippen LogP contribution is 2.23. The van der Waals surface area contributed by atoms with Gasteiger partial charge in [0.15, 0.2) is 6.10 Å². The summed E-state index contributed by atoms with van der Waals surface area (Å²) in [5, 5.41) is 13.8. The monoisotopic (exact) mass is 390 g/mol. The van der Waals surface area contributed by atoms with Crippen LogP contribution < -0.4 is 5.32 Å². The van der Waals surface area contributed by atoms with Crippen LogP contribution in [0.15, 0.2) is 71.6 Å². The van der Waals surface area contributed by atoms with Gasteiger partial charge in [-0.15, -0.1) is 11.8 Å². The maximum Gasteiger partial charge on any atom is 0.317 e. The van der Waals surface area contributed by atoms with Gasteiger partial charge in [-0.05, 0) is 48.0 Å². The first kappa shape index (κ1) is 19.5. The molecule has 1 atom stereocenters. The van der Waals surface area contributed by atoms with Gasteiger partial charge in [0.05, 0.1) is 17.4 Å². The number of nitrogens with one attached hydrogen (secondary N) is 1. The zero-order valence-corrected chi connectivity index (χ0v) is 16.0. The highest BCUT2D eigenvalue weighted by molar-refractivity contribution is 8.00. The highest BCUT2D eigenvalue weighted by atomic mass is 32.2. The number of nitrogens with zero attached hydrogens (tertiary/aromatic N) is 1. The number of ether oxygens (including phenoxy) is 1. The quantitative estimate of drug-likeness (QED) is 0.499.